The lowest BCUT2D eigenvalue weighted by Gasteiger charge is -2.11. The first-order valence-electron chi connectivity index (χ1n) is 6.83. The minimum Gasteiger partial charge on any atom is -0.365 e. The summed E-state index contributed by atoms with van der Waals surface area (Å²) >= 11 is 1.53. The van der Waals surface area contributed by atoms with Crippen molar-refractivity contribution in [1.29, 1.82) is 0 Å². The van der Waals surface area contributed by atoms with Gasteiger partial charge in [0.25, 0.3) is 5.91 Å². The Balaban J connectivity index is 1.89. The van der Waals surface area contributed by atoms with Gasteiger partial charge in [-0.2, -0.15) is 0 Å². The Labute approximate surface area is 116 Å². The molecule has 0 aromatic carbocycles. The second-order valence-corrected chi connectivity index (χ2v) is 6.69. The number of fused-ring (bicyclic) bond motifs is 1. The van der Waals surface area contributed by atoms with Gasteiger partial charge in [0.1, 0.15) is 5.00 Å². The number of aryl methyl sites for hydroxylation is 1. The Hall–Kier alpha value is -1.36. The average molecular weight is 278 g/mol. The number of thiophene rings is 1. The minimum atomic E-state index is -0.418. The molecule has 2 amide bonds. The molecule has 1 aromatic rings. The molecule has 1 aromatic heterocycles. The lowest BCUT2D eigenvalue weighted by atomic mass is 9.95. The van der Waals surface area contributed by atoms with Crippen molar-refractivity contribution in [3.8, 4) is 0 Å². The molecule has 2 aliphatic rings. The maximum atomic E-state index is 12.0. The third-order valence-electron chi connectivity index (χ3n) is 4.10. The normalized spacial score (nSPS) is 24.7. The molecule has 0 unspecified atom stereocenters. The maximum absolute atomic E-state index is 12.0. The van der Waals surface area contributed by atoms with Gasteiger partial charge in [0.15, 0.2) is 0 Å². The molecule has 2 atom stereocenters. The molecule has 1 heterocycles. The van der Waals surface area contributed by atoms with Crippen LogP contribution in [0.3, 0.4) is 0 Å². The second kappa shape index (κ2) is 4.63. The zero-order valence-corrected chi connectivity index (χ0v) is 11.8. The van der Waals surface area contributed by atoms with Crippen LogP contribution in [0.25, 0.3) is 0 Å². The van der Waals surface area contributed by atoms with Crippen LogP contribution in [0.2, 0.25) is 0 Å². The standard InChI is InChI=1S/C14H18N2O2S/c1-7-6-9(7)13(18)16-14-11(12(15)17)8-4-2-3-5-10(8)19-14/h7,9H,2-6H2,1H3,(H2,15,17)(H,16,18)/t7-,9-/m1/s1. The van der Waals surface area contributed by atoms with Crippen molar-refractivity contribution in [2.75, 3.05) is 5.32 Å². The van der Waals surface area contributed by atoms with Gasteiger partial charge in [0.2, 0.25) is 5.91 Å². The molecule has 1 fully saturated rings. The van der Waals surface area contributed by atoms with Crippen LogP contribution in [0.5, 0.6) is 0 Å². The monoisotopic (exact) mass is 278 g/mol. The summed E-state index contributed by atoms with van der Waals surface area (Å²) in [4.78, 5) is 24.9. The van der Waals surface area contributed by atoms with E-state index in [1.807, 2.05) is 0 Å². The molecule has 0 bridgehead atoms. The number of amides is 2. The van der Waals surface area contributed by atoms with Crippen LogP contribution < -0.4 is 11.1 Å². The van der Waals surface area contributed by atoms with Crippen LogP contribution in [0.15, 0.2) is 0 Å². The third kappa shape index (κ3) is 2.27. The van der Waals surface area contributed by atoms with Gasteiger partial charge in [-0.25, -0.2) is 0 Å². The Morgan fingerprint density at radius 2 is 2.00 bits per heavy atom. The molecule has 3 rings (SSSR count). The number of nitrogens with one attached hydrogen (secondary N) is 1. The van der Waals surface area contributed by atoms with Crippen molar-refractivity contribution in [1.82, 2.24) is 0 Å². The maximum Gasteiger partial charge on any atom is 0.251 e. The highest BCUT2D eigenvalue weighted by Gasteiger charge is 2.39. The summed E-state index contributed by atoms with van der Waals surface area (Å²) in [7, 11) is 0. The largest absolute Gasteiger partial charge is 0.365 e. The number of hydrogen-bond donors (Lipinski definition) is 2. The Morgan fingerprint density at radius 1 is 1.32 bits per heavy atom. The molecule has 0 radical (unpaired) electrons. The second-order valence-electron chi connectivity index (χ2n) is 5.59. The fourth-order valence-corrected chi connectivity index (χ4v) is 4.10. The lowest BCUT2D eigenvalue weighted by molar-refractivity contribution is -0.117. The Kier molecular flexibility index (Phi) is 3.09. The smallest absolute Gasteiger partial charge is 0.251 e. The quantitative estimate of drug-likeness (QED) is 0.890. The van der Waals surface area contributed by atoms with E-state index in [2.05, 4.69) is 12.2 Å². The van der Waals surface area contributed by atoms with E-state index in [1.165, 1.54) is 16.2 Å². The van der Waals surface area contributed by atoms with Crippen molar-refractivity contribution in [2.45, 2.75) is 39.0 Å². The molecule has 4 nitrogen and oxygen atoms in total. The molecule has 102 valence electrons. The van der Waals surface area contributed by atoms with Crippen LogP contribution in [-0.2, 0) is 17.6 Å². The van der Waals surface area contributed by atoms with E-state index in [9.17, 15) is 9.59 Å². The number of nitrogens with two attached hydrogens (primary N) is 1. The summed E-state index contributed by atoms with van der Waals surface area (Å²) in [6.45, 7) is 2.07. The van der Waals surface area contributed by atoms with Crippen molar-refractivity contribution < 1.29 is 9.59 Å². The average Bonchev–Trinajstić information content (AvgIpc) is 2.98. The van der Waals surface area contributed by atoms with Crippen LogP contribution in [-0.4, -0.2) is 11.8 Å². The van der Waals surface area contributed by atoms with E-state index in [4.69, 9.17) is 5.73 Å². The molecule has 0 spiro atoms. The van der Waals surface area contributed by atoms with Gasteiger partial charge >= 0.3 is 0 Å². The third-order valence-corrected chi connectivity index (χ3v) is 5.31. The number of hydrogen-bond acceptors (Lipinski definition) is 3. The van der Waals surface area contributed by atoms with Gasteiger partial charge in [-0.3, -0.25) is 9.59 Å². The molecule has 3 N–H and O–H groups in total. The highest BCUT2D eigenvalue weighted by atomic mass is 32.1. The fourth-order valence-electron chi connectivity index (χ4n) is 2.81. The van der Waals surface area contributed by atoms with Gasteiger partial charge in [0, 0.05) is 10.8 Å². The van der Waals surface area contributed by atoms with Gasteiger partial charge in [0.05, 0.1) is 5.56 Å². The Morgan fingerprint density at radius 3 is 2.63 bits per heavy atom. The zero-order valence-electron chi connectivity index (χ0n) is 11.0. The molecular weight excluding hydrogens is 260 g/mol. The predicted octanol–water partition coefficient (Wildman–Crippen LogP) is 2.32. The number of anilines is 1. The minimum absolute atomic E-state index is 0.0357. The molecule has 1 saturated carbocycles. The number of primary amides is 1. The van der Waals surface area contributed by atoms with E-state index in [0.717, 1.165) is 37.7 Å². The fraction of sp³-hybridized carbons (Fsp3) is 0.571. The lowest BCUT2D eigenvalue weighted by Crippen LogP contribution is -2.19. The van der Waals surface area contributed by atoms with Crippen LogP contribution >= 0.6 is 11.3 Å². The van der Waals surface area contributed by atoms with Crippen molar-refractivity contribution in [2.24, 2.45) is 17.6 Å². The number of rotatable bonds is 3. The first-order valence-corrected chi connectivity index (χ1v) is 7.64. The SMILES string of the molecule is C[C@@H]1C[C@H]1C(=O)Nc1sc2c(c1C(N)=O)CCCC2. The first kappa shape index (κ1) is 12.7. The number of carbonyl (C=O) groups excluding carboxylic acids is 2. The molecule has 19 heavy (non-hydrogen) atoms. The highest BCUT2D eigenvalue weighted by molar-refractivity contribution is 7.17. The molecule has 0 saturated heterocycles. The predicted molar refractivity (Wildman–Crippen MR) is 75.4 cm³/mol. The highest BCUT2D eigenvalue weighted by Crippen LogP contribution is 2.41. The van der Waals surface area contributed by atoms with Gasteiger partial charge in [-0.05, 0) is 43.6 Å². The van der Waals surface area contributed by atoms with Crippen molar-refractivity contribution in [3.05, 3.63) is 16.0 Å². The zero-order chi connectivity index (χ0) is 13.6. The Bertz CT molecular complexity index is 550. The van der Waals surface area contributed by atoms with E-state index < -0.39 is 5.91 Å². The summed E-state index contributed by atoms with van der Waals surface area (Å²) in [5.41, 5.74) is 7.12. The molecular formula is C14H18N2O2S. The van der Waals surface area contributed by atoms with Gasteiger partial charge < -0.3 is 11.1 Å². The first-order chi connectivity index (χ1) is 9.08. The summed E-state index contributed by atoms with van der Waals surface area (Å²) in [5.74, 6) is 0.193. The molecule has 5 heteroatoms. The number of carbonyl (C=O) groups is 2. The summed E-state index contributed by atoms with van der Waals surface area (Å²) in [6, 6.07) is 0. The van der Waals surface area contributed by atoms with Gasteiger partial charge in [-0.1, -0.05) is 6.92 Å². The van der Waals surface area contributed by atoms with Gasteiger partial charge in [-0.15, -0.1) is 11.3 Å². The van der Waals surface area contributed by atoms with E-state index in [-0.39, 0.29) is 11.8 Å². The van der Waals surface area contributed by atoms with Crippen molar-refractivity contribution >= 4 is 28.2 Å². The topological polar surface area (TPSA) is 72.2 Å². The molecule has 2 aliphatic carbocycles. The van der Waals surface area contributed by atoms with Crippen LogP contribution in [0.1, 0.15) is 47.0 Å². The van der Waals surface area contributed by atoms with Crippen LogP contribution in [0, 0.1) is 11.8 Å². The molecule has 0 aliphatic heterocycles. The van der Waals surface area contributed by atoms with Crippen LogP contribution in [0.4, 0.5) is 5.00 Å². The van der Waals surface area contributed by atoms with E-state index in [0.29, 0.717) is 16.5 Å². The summed E-state index contributed by atoms with van der Waals surface area (Å²) in [5, 5.41) is 3.59. The van der Waals surface area contributed by atoms with E-state index >= 15 is 0 Å². The summed E-state index contributed by atoms with van der Waals surface area (Å²) < 4.78 is 0. The van der Waals surface area contributed by atoms with Crippen molar-refractivity contribution in [3.63, 3.8) is 0 Å². The summed E-state index contributed by atoms with van der Waals surface area (Å²) in [6.07, 6.45) is 5.09. The van der Waals surface area contributed by atoms with E-state index in [1.54, 1.807) is 0 Å².